The second-order valence-electron chi connectivity index (χ2n) is 6.11. The minimum Gasteiger partial charge on any atom is -0.467 e. The molecule has 2 aromatic rings. The molecule has 1 aromatic carbocycles. The Morgan fingerprint density at radius 1 is 1.30 bits per heavy atom. The molecule has 122 valence electrons. The number of carbonyl (C=O) groups is 1. The van der Waals surface area contributed by atoms with Gasteiger partial charge in [0.05, 0.1) is 18.8 Å². The number of aliphatic hydroxyl groups is 1. The van der Waals surface area contributed by atoms with E-state index in [1.807, 2.05) is 6.92 Å². The summed E-state index contributed by atoms with van der Waals surface area (Å²) in [6, 6.07) is 11.4. The number of nitrogens with one attached hydrogen (secondary N) is 2. The highest BCUT2D eigenvalue weighted by molar-refractivity contribution is 5.74. The molecule has 5 nitrogen and oxygen atoms in total. The number of furan rings is 1. The zero-order valence-corrected chi connectivity index (χ0v) is 13.2. The van der Waals surface area contributed by atoms with Gasteiger partial charge in [0.25, 0.3) is 0 Å². The van der Waals surface area contributed by atoms with Gasteiger partial charge in [-0.2, -0.15) is 0 Å². The van der Waals surface area contributed by atoms with E-state index in [9.17, 15) is 9.90 Å². The van der Waals surface area contributed by atoms with E-state index in [2.05, 4.69) is 34.9 Å². The standard InChI is InChI=1S/C18H22N2O3/c1-12-4-6-13(7-5-12)17(14-8-9-14)20-18(22)19-11-15(21)16-3-2-10-23-16/h2-7,10,14-15,17,21H,8-9,11H2,1H3,(H2,19,20,22). The van der Waals surface area contributed by atoms with Gasteiger partial charge in [-0.05, 0) is 43.4 Å². The molecule has 3 N–H and O–H groups in total. The van der Waals surface area contributed by atoms with Crippen LogP contribution in [0.3, 0.4) is 0 Å². The first kappa shape index (κ1) is 15.6. The van der Waals surface area contributed by atoms with Crippen molar-refractivity contribution in [2.45, 2.75) is 31.9 Å². The zero-order chi connectivity index (χ0) is 16.2. The van der Waals surface area contributed by atoms with Crippen molar-refractivity contribution in [2.75, 3.05) is 6.54 Å². The van der Waals surface area contributed by atoms with Crippen molar-refractivity contribution in [3.8, 4) is 0 Å². The lowest BCUT2D eigenvalue weighted by Gasteiger charge is -2.20. The van der Waals surface area contributed by atoms with E-state index in [-0.39, 0.29) is 18.6 Å². The number of urea groups is 1. The van der Waals surface area contributed by atoms with Gasteiger partial charge in [0, 0.05) is 0 Å². The lowest BCUT2D eigenvalue weighted by atomic mass is 10.0. The molecule has 0 saturated heterocycles. The maximum absolute atomic E-state index is 12.1. The first-order chi connectivity index (χ1) is 11.1. The molecule has 1 fully saturated rings. The molecule has 2 atom stereocenters. The van der Waals surface area contributed by atoms with E-state index in [1.165, 1.54) is 11.8 Å². The summed E-state index contributed by atoms with van der Waals surface area (Å²) in [6.45, 7) is 2.16. The third-order valence-electron chi connectivity index (χ3n) is 4.14. The molecule has 1 heterocycles. The van der Waals surface area contributed by atoms with Gasteiger partial charge in [-0.1, -0.05) is 29.8 Å². The van der Waals surface area contributed by atoms with Gasteiger partial charge in [-0.3, -0.25) is 0 Å². The van der Waals surface area contributed by atoms with Gasteiger partial charge in [0.1, 0.15) is 11.9 Å². The maximum Gasteiger partial charge on any atom is 0.315 e. The SMILES string of the molecule is Cc1ccc(C(NC(=O)NCC(O)c2ccco2)C2CC2)cc1. The van der Waals surface area contributed by atoms with Crippen molar-refractivity contribution in [1.29, 1.82) is 0 Å². The monoisotopic (exact) mass is 314 g/mol. The quantitative estimate of drug-likeness (QED) is 0.767. The third-order valence-corrected chi connectivity index (χ3v) is 4.14. The number of amides is 2. The summed E-state index contributed by atoms with van der Waals surface area (Å²) in [5.41, 5.74) is 2.33. The fraction of sp³-hybridized carbons (Fsp3) is 0.389. The molecule has 0 radical (unpaired) electrons. The van der Waals surface area contributed by atoms with E-state index >= 15 is 0 Å². The molecule has 1 aromatic heterocycles. The number of carbonyl (C=O) groups excluding carboxylic acids is 1. The second kappa shape index (κ2) is 6.87. The van der Waals surface area contributed by atoms with Crippen molar-refractivity contribution in [3.63, 3.8) is 0 Å². The molecule has 23 heavy (non-hydrogen) atoms. The van der Waals surface area contributed by atoms with Crippen molar-refractivity contribution in [3.05, 3.63) is 59.5 Å². The molecular formula is C18H22N2O3. The summed E-state index contributed by atoms with van der Waals surface area (Å²) < 4.78 is 5.12. The minimum atomic E-state index is -0.838. The molecule has 1 aliphatic carbocycles. The first-order valence-corrected chi connectivity index (χ1v) is 7.96. The largest absolute Gasteiger partial charge is 0.467 e. The average Bonchev–Trinajstić information content (AvgIpc) is 3.24. The van der Waals surface area contributed by atoms with E-state index in [1.54, 1.807) is 12.1 Å². The summed E-state index contributed by atoms with van der Waals surface area (Å²) in [6.07, 6.45) is 2.93. The van der Waals surface area contributed by atoms with E-state index in [4.69, 9.17) is 4.42 Å². The summed E-state index contributed by atoms with van der Waals surface area (Å²) >= 11 is 0. The first-order valence-electron chi connectivity index (χ1n) is 7.96. The van der Waals surface area contributed by atoms with Gasteiger partial charge >= 0.3 is 6.03 Å². The molecule has 1 aliphatic rings. The van der Waals surface area contributed by atoms with E-state index < -0.39 is 6.10 Å². The highest BCUT2D eigenvalue weighted by Gasteiger charge is 2.33. The Morgan fingerprint density at radius 3 is 2.65 bits per heavy atom. The lowest BCUT2D eigenvalue weighted by molar-refractivity contribution is 0.147. The zero-order valence-electron chi connectivity index (χ0n) is 13.2. The van der Waals surface area contributed by atoms with Gasteiger partial charge in [-0.15, -0.1) is 0 Å². The fourth-order valence-electron chi connectivity index (χ4n) is 2.64. The molecule has 0 bridgehead atoms. The van der Waals surface area contributed by atoms with Crippen molar-refractivity contribution < 1.29 is 14.3 Å². The van der Waals surface area contributed by atoms with Crippen LogP contribution in [0.5, 0.6) is 0 Å². The molecule has 5 heteroatoms. The Kier molecular flexibility index (Phi) is 4.67. The third kappa shape index (κ3) is 4.13. The van der Waals surface area contributed by atoms with Crippen LogP contribution in [0.1, 0.15) is 41.9 Å². The Hall–Kier alpha value is -2.27. The van der Waals surface area contributed by atoms with Crippen LogP contribution < -0.4 is 10.6 Å². The van der Waals surface area contributed by atoms with Crippen LogP contribution in [0.25, 0.3) is 0 Å². The normalized spacial score (nSPS) is 16.6. The topological polar surface area (TPSA) is 74.5 Å². The van der Waals surface area contributed by atoms with E-state index in [0.29, 0.717) is 11.7 Å². The number of aryl methyl sites for hydroxylation is 1. The molecule has 0 spiro atoms. The molecular weight excluding hydrogens is 292 g/mol. The van der Waals surface area contributed by atoms with Gasteiger partial charge in [0.2, 0.25) is 0 Å². The second-order valence-corrected chi connectivity index (χ2v) is 6.11. The highest BCUT2D eigenvalue weighted by atomic mass is 16.4. The van der Waals surface area contributed by atoms with E-state index in [0.717, 1.165) is 18.4 Å². The fourth-order valence-corrected chi connectivity index (χ4v) is 2.64. The summed E-state index contributed by atoms with van der Waals surface area (Å²) in [5.74, 6) is 0.945. The van der Waals surface area contributed by atoms with Crippen LogP contribution in [0, 0.1) is 12.8 Å². The molecule has 3 rings (SSSR count). The molecule has 2 amide bonds. The van der Waals surface area contributed by atoms with Crippen LogP contribution in [-0.4, -0.2) is 17.7 Å². The Morgan fingerprint density at radius 2 is 2.04 bits per heavy atom. The van der Waals surface area contributed by atoms with Gasteiger partial charge in [-0.25, -0.2) is 4.79 Å². The van der Waals surface area contributed by atoms with Crippen LogP contribution in [-0.2, 0) is 0 Å². The smallest absolute Gasteiger partial charge is 0.315 e. The lowest BCUT2D eigenvalue weighted by Crippen LogP contribution is -2.40. The highest BCUT2D eigenvalue weighted by Crippen LogP contribution is 2.40. The number of benzene rings is 1. The molecule has 1 saturated carbocycles. The van der Waals surface area contributed by atoms with Crippen molar-refractivity contribution >= 4 is 6.03 Å². The molecule has 2 unspecified atom stereocenters. The van der Waals surface area contributed by atoms with Crippen LogP contribution in [0.2, 0.25) is 0 Å². The van der Waals surface area contributed by atoms with Crippen LogP contribution in [0.15, 0.2) is 47.1 Å². The Balaban J connectivity index is 1.55. The average molecular weight is 314 g/mol. The van der Waals surface area contributed by atoms with Gasteiger partial charge in [0.15, 0.2) is 0 Å². The summed E-state index contributed by atoms with van der Waals surface area (Å²) in [7, 11) is 0. The summed E-state index contributed by atoms with van der Waals surface area (Å²) in [5, 5.41) is 15.7. The number of aliphatic hydroxyl groups excluding tert-OH is 1. The maximum atomic E-state index is 12.1. The minimum absolute atomic E-state index is 0.0244. The van der Waals surface area contributed by atoms with Gasteiger partial charge < -0.3 is 20.2 Å². The predicted octanol–water partition coefficient (Wildman–Crippen LogP) is 3.07. The molecule has 0 aliphatic heterocycles. The Bertz CT molecular complexity index is 633. The van der Waals surface area contributed by atoms with Crippen molar-refractivity contribution in [2.24, 2.45) is 5.92 Å². The Labute approximate surface area is 135 Å². The summed E-state index contributed by atoms with van der Waals surface area (Å²) in [4.78, 5) is 12.1. The van der Waals surface area contributed by atoms with Crippen LogP contribution >= 0.6 is 0 Å². The van der Waals surface area contributed by atoms with Crippen LogP contribution in [0.4, 0.5) is 4.79 Å². The number of hydrogen-bond donors (Lipinski definition) is 3. The number of rotatable bonds is 6. The predicted molar refractivity (Wildman–Crippen MR) is 86.8 cm³/mol. The number of hydrogen-bond acceptors (Lipinski definition) is 3. The van der Waals surface area contributed by atoms with Crippen molar-refractivity contribution in [1.82, 2.24) is 10.6 Å².